The minimum atomic E-state index is -3.43. The number of aryl methyl sites for hydroxylation is 1. The molecule has 0 fully saturated rings. The lowest BCUT2D eigenvalue weighted by Crippen LogP contribution is -2.33. The van der Waals surface area contributed by atoms with Gasteiger partial charge >= 0.3 is 0 Å². The van der Waals surface area contributed by atoms with Gasteiger partial charge in [-0.15, -0.1) is 0 Å². The predicted octanol–water partition coefficient (Wildman–Crippen LogP) is 0.636. The van der Waals surface area contributed by atoms with Gasteiger partial charge in [0.25, 0.3) is 0 Å². The van der Waals surface area contributed by atoms with Gasteiger partial charge in [-0.2, -0.15) is 0 Å². The third-order valence-corrected chi connectivity index (χ3v) is 4.24. The maximum absolute atomic E-state index is 11.7. The van der Waals surface area contributed by atoms with Crippen LogP contribution < -0.4 is 5.73 Å². The second-order valence-corrected chi connectivity index (χ2v) is 6.08. The van der Waals surface area contributed by atoms with Crippen LogP contribution in [0.5, 0.6) is 0 Å². The van der Waals surface area contributed by atoms with Gasteiger partial charge in [0.15, 0.2) is 0 Å². The summed E-state index contributed by atoms with van der Waals surface area (Å²) in [5.41, 5.74) is 6.05. The number of rotatable bonds is 5. The number of nitrogens with two attached hydrogens (primary N) is 1. The first-order valence-electron chi connectivity index (χ1n) is 4.58. The summed E-state index contributed by atoms with van der Waals surface area (Å²) in [6.07, 6.45) is 1.53. The van der Waals surface area contributed by atoms with E-state index < -0.39 is 10.0 Å². The molecule has 0 saturated carbocycles. The number of sulfonamides is 1. The first-order valence-corrected chi connectivity index (χ1v) is 6.60. The smallest absolute Gasteiger partial charge is 0.220 e. The molecule has 7 heteroatoms. The van der Waals surface area contributed by atoms with Crippen molar-refractivity contribution in [2.24, 2.45) is 5.73 Å². The van der Waals surface area contributed by atoms with Crippen molar-refractivity contribution < 1.29 is 12.8 Å². The summed E-state index contributed by atoms with van der Waals surface area (Å²) in [5, 5.41) is 0. The van der Waals surface area contributed by atoms with Gasteiger partial charge in [-0.05, 0) is 13.0 Å². The van der Waals surface area contributed by atoms with E-state index in [9.17, 15) is 8.42 Å². The molecule has 0 spiro atoms. The Hall–Kier alpha value is -0.920. The lowest BCUT2D eigenvalue weighted by Gasteiger charge is -2.16. The Morgan fingerprint density at radius 2 is 2.25 bits per heavy atom. The van der Waals surface area contributed by atoms with Crippen LogP contribution in [0.4, 0.5) is 0 Å². The highest BCUT2D eigenvalue weighted by Crippen LogP contribution is 2.13. The molecular formula is C9H14N2O3S2. The van der Waals surface area contributed by atoms with Gasteiger partial charge in [0, 0.05) is 19.2 Å². The van der Waals surface area contributed by atoms with Crippen LogP contribution in [0.15, 0.2) is 16.7 Å². The number of furan rings is 1. The van der Waals surface area contributed by atoms with E-state index in [1.54, 1.807) is 13.0 Å². The second kappa shape index (κ2) is 4.94. The van der Waals surface area contributed by atoms with E-state index in [-0.39, 0.29) is 17.3 Å². The zero-order valence-electron chi connectivity index (χ0n) is 9.13. The highest BCUT2D eigenvalue weighted by atomic mass is 32.2. The summed E-state index contributed by atoms with van der Waals surface area (Å²) in [7, 11) is -1.94. The van der Waals surface area contributed by atoms with E-state index in [0.717, 1.165) is 5.56 Å². The molecule has 0 aliphatic heterocycles. The van der Waals surface area contributed by atoms with Crippen LogP contribution in [-0.2, 0) is 16.6 Å². The molecule has 2 N–H and O–H groups in total. The minimum Gasteiger partial charge on any atom is -0.469 e. The Morgan fingerprint density at radius 3 is 2.69 bits per heavy atom. The van der Waals surface area contributed by atoms with E-state index in [1.165, 1.54) is 17.6 Å². The molecule has 1 heterocycles. The van der Waals surface area contributed by atoms with E-state index >= 15 is 0 Å². The molecule has 90 valence electrons. The third-order valence-electron chi connectivity index (χ3n) is 2.16. The van der Waals surface area contributed by atoms with E-state index in [2.05, 4.69) is 12.2 Å². The topological polar surface area (TPSA) is 76.5 Å². The van der Waals surface area contributed by atoms with Gasteiger partial charge < -0.3 is 10.2 Å². The molecule has 0 atom stereocenters. The maximum Gasteiger partial charge on any atom is 0.220 e. The Balaban J connectivity index is 2.76. The Bertz CT molecular complexity index is 479. The molecule has 0 unspecified atom stereocenters. The lowest BCUT2D eigenvalue weighted by molar-refractivity contribution is 0.462. The molecular weight excluding hydrogens is 248 g/mol. The minimum absolute atomic E-state index is 0.0317. The normalized spacial score (nSPS) is 11.9. The highest BCUT2D eigenvalue weighted by molar-refractivity contribution is 7.92. The van der Waals surface area contributed by atoms with Crippen molar-refractivity contribution in [3.63, 3.8) is 0 Å². The van der Waals surface area contributed by atoms with Gasteiger partial charge in [-0.3, -0.25) is 0 Å². The fourth-order valence-electron chi connectivity index (χ4n) is 1.20. The number of thiocarbonyl (C=S) groups is 1. The molecule has 0 saturated heterocycles. The summed E-state index contributed by atoms with van der Waals surface area (Å²) < 4.78 is 29.7. The van der Waals surface area contributed by atoms with Gasteiger partial charge in [-0.25, -0.2) is 12.7 Å². The monoisotopic (exact) mass is 262 g/mol. The maximum atomic E-state index is 11.7. The molecule has 1 aromatic heterocycles. The van der Waals surface area contributed by atoms with Crippen LogP contribution in [0.1, 0.15) is 11.3 Å². The average Bonchev–Trinajstić information content (AvgIpc) is 2.49. The molecule has 1 aromatic rings. The molecule has 0 aliphatic carbocycles. The molecule has 0 radical (unpaired) electrons. The summed E-state index contributed by atoms with van der Waals surface area (Å²) in [6.45, 7) is 2.04. The van der Waals surface area contributed by atoms with Crippen LogP contribution in [0.2, 0.25) is 0 Å². The van der Waals surface area contributed by atoms with Crippen LogP contribution in [0.25, 0.3) is 0 Å². The second-order valence-electron chi connectivity index (χ2n) is 3.48. The highest BCUT2D eigenvalue weighted by Gasteiger charge is 2.20. The summed E-state index contributed by atoms with van der Waals surface area (Å²) in [5.74, 6) is 0.396. The lowest BCUT2D eigenvalue weighted by atomic mass is 10.3. The van der Waals surface area contributed by atoms with Crippen LogP contribution >= 0.6 is 12.2 Å². The van der Waals surface area contributed by atoms with Crippen molar-refractivity contribution in [1.82, 2.24) is 4.31 Å². The molecule has 5 nitrogen and oxygen atoms in total. The SMILES string of the molecule is Cc1occc1CN(C)S(=O)(=O)CC(N)=S. The molecule has 16 heavy (non-hydrogen) atoms. The number of hydrogen-bond donors (Lipinski definition) is 1. The quantitative estimate of drug-likeness (QED) is 0.788. The Kier molecular flexibility index (Phi) is 4.06. The molecule has 0 amide bonds. The van der Waals surface area contributed by atoms with E-state index in [4.69, 9.17) is 10.2 Å². The number of hydrogen-bond acceptors (Lipinski definition) is 4. The zero-order valence-corrected chi connectivity index (χ0v) is 10.8. The van der Waals surface area contributed by atoms with Crippen LogP contribution in [0.3, 0.4) is 0 Å². The van der Waals surface area contributed by atoms with E-state index in [1.807, 2.05) is 0 Å². The molecule has 0 aliphatic rings. The average molecular weight is 262 g/mol. The first-order chi connectivity index (χ1) is 7.33. The number of nitrogens with zero attached hydrogens (tertiary/aromatic N) is 1. The van der Waals surface area contributed by atoms with Gasteiger partial charge in [0.2, 0.25) is 10.0 Å². The third kappa shape index (κ3) is 3.29. The Morgan fingerprint density at radius 1 is 1.62 bits per heavy atom. The van der Waals surface area contributed by atoms with Crippen LogP contribution in [0, 0.1) is 6.92 Å². The first kappa shape index (κ1) is 13.1. The van der Waals surface area contributed by atoms with Crippen molar-refractivity contribution in [2.75, 3.05) is 12.8 Å². The van der Waals surface area contributed by atoms with Gasteiger partial charge in [0.05, 0.1) is 11.3 Å². The summed E-state index contributed by atoms with van der Waals surface area (Å²) in [6, 6.07) is 1.74. The Labute approximate surface area is 100 Å². The van der Waals surface area contributed by atoms with Crippen molar-refractivity contribution in [2.45, 2.75) is 13.5 Å². The largest absolute Gasteiger partial charge is 0.469 e. The summed E-state index contributed by atoms with van der Waals surface area (Å²) in [4.78, 5) is -0.0317. The van der Waals surface area contributed by atoms with Crippen molar-refractivity contribution >= 4 is 27.2 Å². The standard InChI is InChI=1S/C9H14N2O3S2/c1-7-8(3-4-14-7)5-11(2)16(12,13)6-9(10)15/h3-4H,5-6H2,1-2H3,(H2,10,15). The summed E-state index contributed by atoms with van der Waals surface area (Å²) >= 11 is 4.59. The van der Waals surface area contributed by atoms with Gasteiger partial charge in [0.1, 0.15) is 11.5 Å². The van der Waals surface area contributed by atoms with E-state index in [0.29, 0.717) is 5.76 Å². The zero-order chi connectivity index (χ0) is 12.3. The van der Waals surface area contributed by atoms with Crippen molar-refractivity contribution in [3.05, 3.63) is 23.7 Å². The predicted molar refractivity (Wildman–Crippen MR) is 65.5 cm³/mol. The van der Waals surface area contributed by atoms with Crippen molar-refractivity contribution in [3.8, 4) is 0 Å². The van der Waals surface area contributed by atoms with Crippen LogP contribution in [-0.4, -0.2) is 30.5 Å². The fourth-order valence-corrected chi connectivity index (χ4v) is 2.57. The van der Waals surface area contributed by atoms with Crippen molar-refractivity contribution in [1.29, 1.82) is 0 Å². The molecule has 0 bridgehead atoms. The fraction of sp³-hybridized carbons (Fsp3) is 0.444. The van der Waals surface area contributed by atoms with Gasteiger partial charge in [-0.1, -0.05) is 12.2 Å². The molecule has 1 rings (SSSR count). The molecule has 0 aromatic carbocycles.